The lowest BCUT2D eigenvalue weighted by molar-refractivity contribution is 0.333. The van der Waals surface area contributed by atoms with Gasteiger partial charge in [0.2, 0.25) is 0 Å². The zero-order valence-corrected chi connectivity index (χ0v) is 10.1. The van der Waals surface area contributed by atoms with Crippen LogP contribution in [0.5, 0.6) is 0 Å². The molecule has 0 aromatic carbocycles. The summed E-state index contributed by atoms with van der Waals surface area (Å²) < 4.78 is 0. The van der Waals surface area contributed by atoms with E-state index in [1.807, 2.05) is 0 Å². The molecule has 0 amide bonds. The molecule has 0 aromatic heterocycles. The molecule has 1 aliphatic carbocycles. The zero-order chi connectivity index (χ0) is 10.8. The molecular formula is C13H22N2. The Labute approximate surface area is 93.0 Å². The highest BCUT2D eigenvalue weighted by atomic mass is 15.0. The van der Waals surface area contributed by atoms with Crippen LogP contribution in [0.1, 0.15) is 19.8 Å². The molecule has 2 rings (SSSR count). The average molecular weight is 206 g/mol. The van der Waals surface area contributed by atoms with Crippen molar-refractivity contribution >= 4 is 0 Å². The lowest BCUT2D eigenvalue weighted by Crippen LogP contribution is -2.27. The van der Waals surface area contributed by atoms with Crippen LogP contribution in [0.4, 0.5) is 0 Å². The minimum absolute atomic E-state index is 0.689. The number of rotatable bonds is 3. The van der Waals surface area contributed by atoms with Gasteiger partial charge in [-0.2, -0.15) is 0 Å². The van der Waals surface area contributed by atoms with E-state index in [-0.39, 0.29) is 0 Å². The van der Waals surface area contributed by atoms with Crippen LogP contribution in [0.2, 0.25) is 0 Å². The minimum atomic E-state index is 0.689. The first-order valence-electron chi connectivity index (χ1n) is 5.98. The van der Waals surface area contributed by atoms with Gasteiger partial charge in [0.25, 0.3) is 0 Å². The Morgan fingerprint density at radius 2 is 2.27 bits per heavy atom. The standard InChI is InChI=1S/C13H22N2/c1-10-4-5-11-6-8-14-13(11)12(10)7-9-15(2)3/h4-5,10,12,14H,6-9H2,1-3H3. The molecule has 0 radical (unpaired) electrons. The molecule has 0 bridgehead atoms. The molecule has 1 aliphatic heterocycles. The summed E-state index contributed by atoms with van der Waals surface area (Å²) in [5.41, 5.74) is 3.09. The van der Waals surface area contributed by atoms with Gasteiger partial charge in [-0.05, 0) is 45.0 Å². The molecule has 2 aliphatic rings. The number of allylic oxidation sites excluding steroid dienone is 3. The molecule has 0 fully saturated rings. The van der Waals surface area contributed by atoms with Gasteiger partial charge in [0.05, 0.1) is 0 Å². The van der Waals surface area contributed by atoms with Crippen molar-refractivity contribution in [3.63, 3.8) is 0 Å². The molecular weight excluding hydrogens is 184 g/mol. The smallest absolute Gasteiger partial charge is 0.0185 e. The van der Waals surface area contributed by atoms with E-state index in [1.165, 1.54) is 25.1 Å². The van der Waals surface area contributed by atoms with Crippen molar-refractivity contribution < 1.29 is 0 Å². The van der Waals surface area contributed by atoms with Crippen LogP contribution in [0.3, 0.4) is 0 Å². The molecule has 0 saturated heterocycles. The fraction of sp³-hybridized carbons (Fsp3) is 0.692. The predicted octanol–water partition coefficient (Wildman–Crippen LogP) is 2.01. The largest absolute Gasteiger partial charge is 0.388 e. The second-order valence-electron chi connectivity index (χ2n) is 5.03. The van der Waals surface area contributed by atoms with Crippen LogP contribution in [0.15, 0.2) is 23.4 Å². The molecule has 15 heavy (non-hydrogen) atoms. The Bertz CT molecular complexity index is 289. The van der Waals surface area contributed by atoms with Gasteiger partial charge in [0.15, 0.2) is 0 Å². The van der Waals surface area contributed by atoms with Gasteiger partial charge in [-0.25, -0.2) is 0 Å². The van der Waals surface area contributed by atoms with E-state index in [0.29, 0.717) is 5.92 Å². The van der Waals surface area contributed by atoms with Gasteiger partial charge in [0.1, 0.15) is 0 Å². The molecule has 0 spiro atoms. The number of hydrogen-bond acceptors (Lipinski definition) is 2. The topological polar surface area (TPSA) is 15.3 Å². The van der Waals surface area contributed by atoms with E-state index in [4.69, 9.17) is 0 Å². The molecule has 2 unspecified atom stereocenters. The fourth-order valence-electron chi connectivity index (χ4n) is 2.59. The Morgan fingerprint density at radius 1 is 1.47 bits per heavy atom. The quantitative estimate of drug-likeness (QED) is 0.760. The Balaban J connectivity index is 2.05. The lowest BCUT2D eigenvalue weighted by atomic mass is 9.82. The third-order valence-electron chi connectivity index (χ3n) is 3.55. The second-order valence-corrected chi connectivity index (χ2v) is 5.03. The summed E-state index contributed by atoms with van der Waals surface area (Å²) in [4.78, 5) is 2.28. The van der Waals surface area contributed by atoms with Crippen LogP contribution in [0, 0.1) is 11.8 Å². The Kier molecular flexibility index (Phi) is 3.15. The van der Waals surface area contributed by atoms with E-state index < -0.39 is 0 Å². The highest BCUT2D eigenvalue weighted by Crippen LogP contribution is 2.34. The Hall–Kier alpha value is -0.760. The predicted molar refractivity (Wildman–Crippen MR) is 64.6 cm³/mol. The molecule has 0 saturated carbocycles. The van der Waals surface area contributed by atoms with Crippen molar-refractivity contribution in [2.75, 3.05) is 27.2 Å². The zero-order valence-electron chi connectivity index (χ0n) is 10.1. The van der Waals surface area contributed by atoms with Crippen molar-refractivity contribution in [3.05, 3.63) is 23.4 Å². The summed E-state index contributed by atoms with van der Waals surface area (Å²) in [6, 6.07) is 0. The molecule has 2 nitrogen and oxygen atoms in total. The molecule has 84 valence electrons. The third kappa shape index (κ3) is 2.25. The van der Waals surface area contributed by atoms with Crippen molar-refractivity contribution in [1.82, 2.24) is 10.2 Å². The highest BCUT2D eigenvalue weighted by Gasteiger charge is 2.27. The van der Waals surface area contributed by atoms with Crippen LogP contribution in [-0.4, -0.2) is 32.1 Å². The van der Waals surface area contributed by atoms with E-state index in [1.54, 1.807) is 5.57 Å². The van der Waals surface area contributed by atoms with Crippen LogP contribution in [-0.2, 0) is 0 Å². The molecule has 1 N–H and O–H groups in total. The third-order valence-corrected chi connectivity index (χ3v) is 3.55. The summed E-state index contributed by atoms with van der Waals surface area (Å²) >= 11 is 0. The molecule has 1 heterocycles. The number of nitrogens with zero attached hydrogens (tertiary/aromatic N) is 1. The maximum absolute atomic E-state index is 3.57. The van der Waals surface area contributed by atoms with Gasteiger partial charge in [-0.3, -0.25) is 0 Å². The van der Waals surface area contributed by atoms with E-state index in [0.717, 1.165) is 12.5 Å². The van der Waals surface area contributed by atoms with Gasteiger partial charge in [-0.1, -0.05) is 19.1 Å². The fourth-order valence-corrected chi connectivity index (χ4v) is 2.59. The maximum atomic E-state index is 3.57. The van der Waals surface area contributed by atoms with E-state index >= 15 is 0 Å². The normalized spacial score (nSPS) is 29.6. The van der Waals surface area contributed by atoms with Crippen LogP contribution < -0.4 is 5.32 Å². The van der Waals surface area contributed by atoms with Crippen molar-refractivity contribution in [1.29, 1.82) is 0 Å². The monoisotopic (exact) mass is 206 g/mol. The first-order valence-corrected chi connectivity index (χ1v) is 5.98. The minimum Gasteiger partial charge on any atom is -0.388 e. The summed E-state index contributed by atoms with van der Waals surface area (Å²) in [6.45, 7) is 4.65. The van der Waals surface area contributed by atoms with Crippen molar-refractivity contribution in [3.8, 4) is 0 Å². The SMILES string of the molecule is CC1C=CC2=C(NCC2)C1CCN(C)C. The lowest BCUT2D eigenvalue weighted by Gasteiger charge is -2.28. The molecule has 0 aromatic rings. The van der Waals surface area contributed by atoms with E-state index in [9.17, 15) is 0 Å². The number of nitrogens with one attached hydrogen (secondary N) is 1. The second kappa shape index (κ2) is 4.40. The van der Waals surface area contributed by atoms with Gasteiger partial charge >= 0.3 is 0 Å². The first kappa shape index (κ1) is 10.7. The molecule has 2 heteroatoms. The highest BCUT2D eigenvalue weighted by molar-refractivity contribution is 5.35. The number of hydrogen-bond donors (Lipinski definition) is 1. The van der Waals surface area contributed by atoms with Crippen molar-refractivity contribution in [2.24, 2.45) is 11.8 Å². The summed E-state index contributed by atoms with van der Waals surface area (Å²) in [6.07, 6.45) is 7.19. The maximum Gasteiger partial charge on any atom is 0.0185 e. The van der Waals surface area contributed by atoms with Crippen LogP contribution in [0.25, 0.3) is 0 Å². The van der Waals surface area contributed by atoms with Gasteiger partial charge in [-0.15, -0.1) is 0 Å². The van der Waals surface area contributed by atoms with E-state index in [2.05, 4.69) is 43.4 Å². The summed E-state index contributed by atoms with van der Waals surface area (Å²) in [7, 11) is 4.31. The van der Waals surface area contributed by atoms with Gasteiger partial charge in [0, 0.05) is 18.2 Å². The Morgan fingerprint density at radius 3 is 3.00 bits per heavy atom. The van der Waals surface area contributed by atoms with Crippen molar-refractivity contribution in [2.45, 2.75) is 19.8 Å². The van der Waals surface area contributed by atoms with Gasteiger partial charge < -0.3 is 10.2 Å². The first-order chi connectivity index (χ1) is 7.18. The summed E-state index contributed by atoms with van der Waals surface area (Å²) in [5.74, 6) is 1.41. The van der Waals surface area contributed by atoms with Crippen LogP contribution >= 0.6 is 0 Å². The average Bonchev–Trinajstić information content (AvgIpc) is 2.63. The molecule has 2 atom stereocenters. The summed E-state index contributed by atoms with van der Waals surface area (Å²) in [5, 5.41) is 3.57.